The number of aryl methyl sites for hydroxylation is 1. The largest absolute Gasteiger partial charge is 0.308 e. The van der Waals surface area contributed by atoms with Gasteiger partial charge >= 0.3 is 0 Å². The monoisotopic (exact) mass is 323 g/mol. The second-order valence-corrected chi connectivity index (χ2v) is 7.98. The number of fused-ring (bicyclic) bond motifs is 1. The number of hydrogen-bond acceptors (Lipinski definition) is 3. The normalized spacial score (nSPS) is 25.2. The van der Waals surface area contributed by atoms with E-state index in [0.29, 0.717) is 13.1 Å². The van der Waals surface area contributed by atoms with Crippen molar-refractivity contribution < 1.29 is 13.2 Å². The van der Waals surface area contributed by atoms with Gasteiger partial charge in [0.2, 0.25) is 5.91 Å². The van der Waals surface area contributed by atoms with Crippen LogP contribution in [0.3, 0.4) is 0 Å². The number of anilines is 1. The van der Waals surface area contributed by atoms with E-state index in [1.807, 2.05) is 31.2 Å². The molecule has 0 radical (unpaired) electrons. The summed E-state index contributed by atoms with van der Waals surface area (Å²) in [5.41, 5.74) is 2.06. The highest BCUT2D eigenvalue weighted by molar-refractivity contribution is 7.87. The molecule has 3 rings (SSSR count). The van der Waals surface area contributed by atoms with Crippen LogP contribution in [0, 0.1) is 0 Å². The smallest absolute Gasteiger partial charge is 0.282 e. The van der Waals surface area contributed by atoms with E-state index in [-0.39, 0.29) is 18.5 Å². The highest BCUT2D eigenvalue weighted by atomic mass is 32.2. The van der Waals surface area contributed by atoms with Gasteiger partial charge in [-0.05, 0) is 31.4 Å². The molecule has 0 aromatic heterocycles. The zero-order chi connectivity index (χ0) is 15.9. The third-order valence-corrected chi connectivity index (χ3v) is 6.42. The maximum Gasteiger partial charge on any atom is 0.282 e. The van der Waals surface area contributed by atoms with E-state index < -0.39 is 10.2 Å². The summed E-state index contributed by atoms with van der Waals surface area (Å²) in [4.78, 5) is 14.5. The highest BCUT2D eigenvalue weighted by Gasteiger charge is 2.37. The summed E-state index contributed by atoms with van der Waals surface area (Å²) >= 11 is 0. The van der Waals surface area contributed by atoms with Gasteiger partial charge in [0.15, 0.2) is 0 Å². The minimum absolute atomic E-state index is 0.0884. The van der Waals surface area contributed by atoms with E-state index in [9.17, 15) is 13.2 Å². The number of carbonyl (C=O) groups excluding carboxylic acids is 1. The number of amides is 1. The fraction of sp³-hybridized carbons (Fsp3) is 0.533. The minimum Gasteiger partial charge on any atom is -0.308 e. The average Bonchev–Trinajstić information content (AvgIpc) is 2.73. The maximum atomic E-state index is 12.7. The summed E-state index contributed by atoms with van der Waals surface area (Å²) in [7, 11) is -1.93. The zero-order valence-corrected chi connectivity index (χ0v) is 13.7. The molecule has 22 heavy (non-hydrogen) atoms. The topological polar surface area (TPSA) is 60.9 Å². The zero-order valence-electron chi connectivity index (χ0n) is 12.9. The van der Waals surface area contributed by atoms with Crippen molar-refractivity contribution in [2.45, 2.75) is 25.8 Å². The first-order chi connectivity index (χ1) is 10.4. The Morgan fingerprint density at radius 3 is 2.68 bits per heavy atom. The molecule has 1 unspecified atom stereocenters. The Kier molecular flexibility index (Phi) is 3.96. The van der Waals surface area contributed by atoms with Crippen LogP contribution in [0.2, 0.25) is 0 Å². The lowest BCUT2D eigenvalue weighted by Gasteiger charge is -2.36. The van der Waals surface area contributed by atoms with Crippen molar-refractivity contribution in [1.82, 2.24) is 8.61 Å². The van der Waals surface area contributed by atoms with Crippen molar-refractivity contribution >= 4 is 21.8 Å². The molecule has 120 valence electrons. The standard InChI is InChI=1S/C15H21N3O3S/c1-12-7-8-13-5-3-4-6-14(13)18(12)15(19)11-17-10-9-16(2)22(17,20)21/h3-6,12H,7-11H2,1-2H3. The Morgan fingerprint density at radius 2 is 2.00 bits per heavy atom. The van der Waals surface area contributed by atoms with Crippen LogP contribution in [0.15, 0.2) is 24.3 Å². The van der Waals surface area contributed by atoms with Crippen LogP contribution in [0.5, 0.6) is 0 Å². The number of hydrogen-bond donors (Lipinski definition) is 0. The molecule has 0 N–H and O–H groups in total. The summed E-state index contributed by atoms with van der Waals surface area (Å²) in [5.74, 6) is -0.154. The molecule has 1 aromatic carbocycles. The second-order valence-electron chi connectivity index (χ2n) is 5.94. The number of nitrogens with zero attached hydrogens (tertiary/aromatic N) is 3. The van der Waals surface area contributed by atoms with E-state index in [1.165, 1.54) is 8.61 Å². The lowest BCUT2D eigenvalue weighted by molar-refractivity contribution is -0.119. The Labute approximate surface area is 131 Å². The van der Waals surface area contributed by atoms with Crippen molar-refractivity contribution in [1.29, 1.82) is 0 Å². The molecule has 6 nitrogen and oxygen atoms in total. The SMILES string of the molecule is CC1CCc2ccccc2N1C(=O)CN1CCN(C)S1(=O)=O. The number of carbonyl (C=O) groups is 1. The van der Waals surface area contributed by atoms with E-state index in [1.54, 1.807) is 11.9 Å². The molecule has 0 spiro atoms. The first kappa shape index (κ1) is 15.5. The predicted molar refractivity (Wildman–Crippen MR) is 84.8 cm³/mol. The van der Waals surface area contributed by atoms with Crippen molar-refractivity contribution in [2.24, 2.45) is 0 Å². The number of benzene rings is 1. The lowest BCUT2D eigenvalue weighted by atomic mass is 9.96. The van der Waals surface area contributed by atoms with E-state index in [2.05, 4.69) is 0 Å². The van der Waals surface area contributed by atoms with Crippen molar-refractivity contribution in [3.63, 3.8) is 0 Å². The summed E-state index contributed by atoms with van der Waals surface area (Å²) < 4.78 is 26.8. The Morgan fingerprint density at radius 1 is 1.27 bits per heavy atom. The van der Waals surface area contributed by atoms with Crippen molar-refractivity contribution in [3.8, 4) is 0 Å². The van der Waals surface area contributed by atoms with Gasteiger partial charge in [-0.1, -0.05) is 18.2 Å². The second kappa shape index (κ2) is 5.64. The summed E-state index contributed by atoms with van der Waals surface area (Å²) in [6.45, 7) is 2.72. The van der Waals surface area contributed by atoms with Gasteiger partial charge < -0.3 is 4.90 Å². The first-order valence-corrected chi connectivity index (χ1v) is 8.92. The van der Waals surface area contributed by atoms with Crippen LogP contribution in [0.25, 0.3) is 0 Å². The molecule has 2 aliphatic rings. The fourth-order valence-electron chi connectivity index (χ4n) is 3.14. The Bertz CT molecular complexity index is 689. The van der Waals surface area contributed by atoms with Crippen LogP contribution < -0.4 is 4.90 Å². The molecule has 0 saturated carbocycles. The number of likely N-dealkylation sites (N-methyl/N-ethyl adjacent to an activating group) is 1. The summed E-state index contributed by atoms with van der Waals surface area (Å²) in [5, 5.41) is 0. The molecule has 1 fully saturated rings. The molecular formula is C15H21N3O3S. The molecule has 1 amide bonds. The highest BCUT2D eigenvalue weighted by Crippen LogP contribution is 2.30. The molecule has 0 bridgehead atoms. The molecule has 7 heteroatoms. The number of para-hydroxylation sites is 1. The van der Waals surface area contributed by atoms with Crippen molar-refractivity contribution in [3.05, 3.63) is 29.8 Å². The van der Waals surface area contributed by atoms with Gasteiger partial charge in [0, 0.05) is 31.9 Å². The Hall–Kier alpha value is -1.44. The van der Waals surface area contributed by atoms with Crippen LogP contribution in [0.1, 0.15) is 18.9 Å². The van der Waals surface area contributed by atoms with Gasteiger partial charge in [-0.15, -0.1) is 0 Å². The van der Waals surface area contributed by atoms with E-state index in [4.69, 9.17) is 0 Å². The molecular weight excluding hydrogens is 302 g/mol. The molecule has 1 aromatic rings. The summed E-state index contributed by atoms with van der Waals surface area (Å²) in [6.07, 6.45) is 1.85. The van der Waals surface area contributed by atoms with Crippen LogP contribution in [-0.2, 0) is 21.4 Å². The van der Waals surface area contributed by atoms with Gasteiger partial charge in [-0.25, -0.2) is 0 Å². The van der Waals surface area contributed by atoms with Gasteiger partial charge in [-0.2, -0.15) is 17.0 Å². The average molecular weight is 323 g/mol. The fourth-order valence-corrected chi connectivity index (χ4v) is 4.43. The lowest BCUT2D eigenvalue weighted by Crippen LogP contribution is -2.47. The van der Waals surface area contributed by atoms with Crippen LogP contribution in [0.4, 0.5) is 5.69 Å². The van der Waals surface area contributed by atoms with Gasteiger partial charge in [0.1, 0.15) is 0 Å². The molecule has 1 saturated heterocycles. The minimum atomic E-state index is -3.48. The van der Waals surface area contributed by atoms with Crippen molar-refractivity contribution in [2.75, 3.05) is 31.6 Å². The summed E-state index contributed by atoms with van der Waals surface area (Å²) in [6, 6.07) is 7.94. The molecule has 0 aliphatic carbocycles. The third kappa shape index (κ3) is 2.53. The third-order valence-electron chi connectivity index (χ3n) is 4.49. The number of rotatable bonds is 2. The quantitative estimate of drug-likeness (QED) is 0.810. The molecule has 2 aliphatic heterocycles. The predicted octanol–water partition coefficient (Wildman–Crippen LogP) is 0.847. The van der Waals surface area contributed by atoms with E-state index >= 15 is 0 Å². The van der Waals surface area contributed by atoms with Crippen LogP contribution in [-0.4, -0.2) is 55.7 Å². The molecule has 2 heterocycles. The maximum absolute atomic E-state index is 12.7. The first-order valence-electron chi connectivity index (χ1n) is 7.52. The van der Waals surface area contributed by atoms with Crippen LogP contribution >= 0.6 is 0 Å². The van der Waals surface area contributed by atoms with Gasteiger partial charge in [-0.3, -0.25) is 4.79 Å². The van der Waals surface area contributed by atoms with Gasteiger partial charge in [0.05, 0.1) is 6.54 Å². The molecule has 1 atom stereocenters. The van der Waals surface area contributed by atoms with Gasteiger partial charge in [0.25, 0.3) is 10.2 Å². The van der Waals surface area contributed by atoms with E-state index in [0.717, 1.165) is 24.1 Å². The Balaban J connectivity index is 1.84.